The van der Waals surface area contributed by atoms with Gasteiger partial charge in [0.05, 0.1) is 5.75 Å². The maximum absolute atomic E-state index is 11.9. The molecule has 1 atom stereocenters. The number of hydrogen-bond donors (Lipinski definition) is 1. The minimum Gasteiger partial charge on any atom is -0.341 e. The number of rotatable bonds is 5. The largest absolute Gasteiger partial charge is 0.341 e. The van der Waals surface area contributed by atoms with E-state index >= 15 is 0 Å². The summed E-state index contributed by atoms with van der Waals surface area (Å²) >= 11 is 0. The summed E-state index contributed by atoms with van der Waals surface area (Å²) in [5, 5.41) is 0. The van der Waals surface area contributed by atoms with Crippen LogP contribution in [0, 0.1) is 5.92 Å². The van der Waals surface area contributed by atoms with Crippen LogP contribution >= 0.6 is 0 Å². The fourth-order valence-corrected chi connectivity index (χ4v) is 3.88. The van der Waals surface area contributed by atoms with Crippen LogP contribution in [0.25, 0.3) is 0 Å². The van der Waals surface area contributed by atoms with Gasteiger partial charge in [0, 0.05) is 25.6 Å². The first-order valence-electron chi connectivity index (χ1n) is 7.28. The van der Waals surface area contributed by atoms with Gasteiger partial charge in [-0.3, -0.25) is 4.79 Å². The Morgan fingerprint density at radius 3 is 2.58 bits per heavy atom. The third kappa shape index (κ3) is 4.18. The Balaban J connectivity index is 1.85. The van der Waals surface area contributed by atoms with Gasteiger partial charge in [-0.1, -0.05) is 19.3 Å². The van der Waals surface area contributed by atoms with E-state index in [4.69, 9.17) is 0 Å². The summed E-state index contributed by atoms with van der Waals surface area (Å²) in [7, 11) is -3.21. The van der Waals surface area contributed by atoms with Crippen LogP contribution in [0.2, 0.25) is 0 Å². The molecular formula is C13H24N2O3S. The van der Waals surface area contributed by atoms with E-state index in [0.717, 1.165) is 6.54 Å². The van der Waals surface area contributed by atoms with Crippen LogP contribution in [-0.4, -0.2) is 44.1 Å². The third-order valence-electron chi connectivity index (χ3n) is 4.14. The predicted octanol–water partition coefficient (Wildman–Crippen LogP) is 1.11. The lowest BCUT2D eigenvalue weighted by Gasteiger charge is -2.27. The molecule has 0 aromatic carbocycles. The lowest BCUT2D eigenvalue weighted by Crippen LogP contribution is -2.39. The predicted molar refractivity (Wildman–Crippen MR) is 74.2 cm³/mol. The molecule has 5 nitrogen and oxygen atoms in total. The smallest absolute Gasteiger partial charge is 0.224 e. The van der Waals surface area contributed by atoms with Crippen LogP contribution in [0.15, 0.2) is 0 Å². The Bertz CT molecular complexity index is 416. The van der Waals surface area contributed by atoms with E-state index in [1.54, 1.807) is 6.92 Å². The highest BCUT2D eigenvalue weighted by Gasteiger charge is 2.33. The van der Waals surface area contributed by atoms with Crippen LogP contribution in [0.5, 0.6) is 0 Å². The molecule has 0 aromatic heterocycles. The van der Waals surface area contributed by atoms with Gasteiger partial charge in [0.25, 0.3) is 0 Å². The van der Waals surface area contributed by atoms with Gasteiger partial charge >= 0.3 is 0 Å². The molecule has 1 N–H and O–H groups in total. The summed E-state index contributed by atoms with van der Waals surface area (Å²) in [6.45, 7) is 2.96. The molecule has 6 heteroatoms. The van der Waals surface area contributed by atoms with E-state index in [2.05, 4.69) is 4.72 Å². The van der Waals surface area contributed by atoms with E-state index in [-0.39, 0.29) is 17.7 Å². The number of amides is 1. The molecule has 2 aliphatic rings. The van der Waals surface area contributed by atoms with Crippen molar-refractivity contribution >= 4 is 15.9 Å². The summed E-state index contributed by atoms with van der Waals surface area (Å²) in [4.78, 5) is 13.8. The first-order valence-corrected chi connectivity index (χ1v) is 8.93. The summed E-state index contributed by atoms with van der Waals surface area (Å²) < 4.78 is 25.6. The zero-order chi connectivity index (χ0) is 13.9. The number of carbonyl (C=O) groups excluding carboxylic acids is 1. The molecule has 1 amide bonds. The molecule has 110 valence electrons. The Kier molecular flexibility index (Phi) is 4.84. The van der Waals surface area contributed by atoms with Crippen molar-refractivity contribution in [1.29, 1.82) is 0 Å². The third-order valence-corrected chi connectivity index (χ3v) is 5.60. The maximum Gasteiger partial charge on any atom is 0.224 e. The SMILES string of the molecule is CCS(=O)(=O)N[C@@H]1CC(=O)N(CC2CCCCC2)C1. The number of carbonyl (C=O) groups is 1. The van der Waals surface area contributed by atoms with Gasteiger partial charge in [0.2, 0.25) is 15.9 Å². The highest BCUT2D eigenvalue weighted by atomic mass is 32.2. The molecule has 1 aliphatic heterocycles. The number of sulfonamides is 1. The molecule has 1 heterocycles. The zero-order valence-electron chi connectivity index (χ0n) is 11.6. The lowest BCUT2D eigenvalue weighted by molar-refractivity contribution is -0.128. The van der Waals surface area contributed by atoms with Gasteiger partial charge in [-0.25, -0.2) is 13.1 Å². The fraction of sp³-hybridized carbons (Fsp3) is 0.923. The molecule has 2 fully saturated rings. The normalized spacial score (nSPS) is 26.1. The quantitative estimate of drug-likeness (QED) is 0.824. The molecular weight excluding hydrogens is 264 g/mol. The van der Waals surface area contributed by atoms with Crippen LogP contribution in [0.1, 0.15) is 45.4 Å². The van der Waals surface area contributed by atoms with Crippen molar-refractivity contribution in [3.8, 4) is 0 Å². The lowest BCUT2D eigenvalue weighted by atomic mass is 9.89. The number of nitrogens with one attached hydrogen (secondary N) is 1. The van der Waals surface area contributed by atoms with E-state index in [9.17, 15) is 13.2 Å². The molecule has 0 unspecified atom stereocenters. The van der Waals surface area contributed by atoms with E-state index in [0.29, 0.717) is 18.9 Å². The highest BCUT2D eigenvalue weighted by molar-refractivity contribution is 7.89. The van der Waals surface area contributed by atoms with Gasteiger partial charge in [-0.2, -0.15) is 0 Å². The van der Waals surface area contributed by atoms with E-state index in [1.807, 2.05) is 4.90 Å². The molecule has 0 aromatic rings. The van der Waals surface area contributed by atoms with Crippen molar-refractivity contribution in [1.82, 2.24) is 9.62 Å². The Labute approximate surface area is 115 Å². The van der Waals surface area contributed by atoms with Crippen molar-refractivity contribution in [2.24, 2.45) is 5.92 Å². The van der Waals surface area contributed by atoms with E-state index < -0.39 is 10.0 Å². The molecule has 1 aliphatic carbocycles. The monoisotopic (exact) mass is 288 g/mol. The second-order valence-corrected chi connectivity index (χ2v) is 7.77. The van der Waals surface area contributed by atoms with Crippen molar-refractivity contribution in [3.05, 3.63) is 0 Å². The van der Waals surface area contributed by atoms with Crippen molar-refractivity contribution in [2.75, 3.05) is 18.8 Å². The minimum absolute atomic E-state index is 0.0698. The Morgan fingerprint density at radius 2 is 1.95 bits per heavy atom. The van der Waals surface area contributed by atoms with Crippen LogP contribution < -0.4 is 4.72 Å². The van der Waals surface area contributed by atoms with Crippen LogP contribution in [-0.2, 0) is 14.8 Å². The molecule has 19 heavy (non-hydrogen) atoms. The van der Waals surface area contributed by atoms with Crippen LogP contribution in [0.4, 0.5) is 0 Å². The minimum atomic E-state index is -3.21. The maximum atomic E-state index is 11.9. The highest BCUT2D eigenvalue weighted by Crippen LogP contribution is 2.26. The van der Waals surface area contributed by atoms with Crippen LogP contribution in [0.3, 0.4) is 0 Å². The summed E-state index contributed by atoms with van der Waals surface area (Å²) in [5.41, 5.74) is 0. The second kappa shape index (κ2) is 6.22. The first-order chi connectivity index (χ1) is 9.00. The van der Waals surface area contributed by atoms with Gasteiger partial charge in [-0.05, 0) is 25.7 Å². The standard InChI is InChI=1S/C13H24N2O3S/c1-2-19(17,18)14-12-8-13(16)15(10-12)9-11-6-4-3-5-7-11/h11-12,14H,2-10H2,1H3/t12-/m1/s1. The molecule has 0 bridgehead atoms. The van der Waals surface area contributed by atoms with Gasteiger partial charge in [-0.15, -0.1) is 0 Å². The van der Waals surface area contributed by atoms with Gasteiger partial charge in [0.15, 0.2) is 0 Å². The fourth-order valence-electron chi connectivity index (χ4n) is 3.05. The average Bonchev–Trinajstić information content (AvgIpc) is 2.70. The van der Waals surface area contributed by atoms with Crippen molar-refractivity contribution < 1.29 is 13.2 Å². The van der Waals surface area contributed by atoms with Crippen molar-refractivity contribution in [2.45, 2.75) is 51.5 Å². The molecule has 2 rings (SSSR count). The van der Waals surface area contributed by atoms with Crippen molar-refractivity contribution in [3.63, 3.8) is 0 Å². The van der Waals surface area contributed by atoms with Gasteiger partial charge in [0.1, 0.15) is 0 Å². The summed E-state index contributed by atoms with van der Waals surface area (Å²) in [6.07, 6.45) is 6.55. The molecule has 1 saturated carbocycles. The number of likely N-dealkylation sites (tertiary alicyclic amines) is 1. The zero-order valence-corrected chi connectivity index (χ0v) is 12.4. The average molecular weight is 288 g/mol. The number of nitrogens with zero attached hydrogens (tertiary/aromatic N) is 1. The van der Waals surface area contributed by atoms with E-state index in [1.165, 1.54) is 32.1 Å². The molecule has 0 spiro atoms. The number of hydrogen-bond acceptors (Lipinski definition) is 3. The second-order valence-electron chi connectivity index (χ2n) is 5.73. The summed E-state index contributed by atoms with van der Waals surface area (Å²) in [5.74, 6) is 0.772. The molecule has 1 saturated heterocycles. The Hall–Kier alpha value is -0.620. The Morgan fingerprint density at radius 1 is 1.26 bits per heavy atom. The molecule has 0 radical (unpaired) electrons. The summed E-state index contributed by atoms with van der Waals surface area (Å²) in [6, 6.07) is -0.235. The topological polar surface area (TPSA) is 66.5 Å². The first kappa shape index (κ1) is 14.8. The van der Waals surface area contributed by atoms with Gasteiger partial charge < -0.3 is 4.90 Å².